The fraction of sp³-hybridized carbons (Fsp3) is 0.467. The highest BCUT2D eigenvalue weighted by atomic mass is 16.6. The van der Waals surface area contributed by atoms with E-state index in [1.165, 1.54) is 0 Å². The number of carbonyl (C=O) groups excluding carboxylic acids is 3. The summed E-state index contributed by atoms with van der Waals surface area (Å²) < 4.78 is 17.0. The predicted molar refractivity (Wildman–Crippen MR) is 152 cm³/mol. The van der Waals surface area contributed by atoms with Gasteiger partial charge in [0.15, 0.2) is 5.78 Å². The maximum absolute atomic E-state index is 13.7. The predicted octanol–water partition coefficient (Wildman–Crippen LogP) is 3.53. The number of nitrogens with zero attached hydrogens (tertiary/aromatic N) is 2. The van der Waals surface area contributed by atoms with E-state index in [1.54, 1.807) is 37.1 Å². The fourth-order valence-electron chi connectivity index (χ4n) is 5.04. The third-order valence-electron chi connectivity index (χ3n) is 7.10. The van der Waals surface area contributed by atoms with Crippen LogP contribution >= 0.6 is 0 Å². The highest BCUT2D eigenvalue weighted by Crippen LogP contribution is 2.43. The summed E-state index contributed by atoms with van der Waals surface area (Å²) in [5.74, 6) is 0.345. The van der Waals surface area contributed by atoms with E-state index in [1.807, 2.05) is 45.7 Å². The van der Waals surface area contributed by atoms with Gasteiger partial charge in [-0.25, -0.2) is 4.79 Å². The third kappa shape index (κ3) is 5.48. The number of Topliss-reactive ketones (excluding diaryl/α,β-unsaturated/α-hetero) is 1. The first-order valence-electron chi connectivity index (χ1n) is 13.5. The molecule has 40 heavy (non-hydrogen) atoms. The lowest BCUT2D eigenvalue weighted by molar-refractivity contribution is -0.151. The molecular formula is C30H38N4O6. The van der Waals surface area contributed by atoms with Gasteiger partial charge in [0.05, 0.1) is 37.6 Å². The zero-order valence-corrected chi connectivity index (χ0v) is 24.3. The van der Waals surface area contributed by atoms with Gasteiger partial charge in [0.1, 0.15) is 17.3 Å². The molecule has 1 amide bonds. The number of hydrogen-bond donors (Lipinski definition) is 2. The van der Waals surface area contributed by atoms with Gasteiger partial charge in [0, 0.05) is 37.3 Å². The lowest BCUT2D eigenvalue weighted by Crippen LogP contribution is -2.44. The first-order valence-corrected chi connectivity index (χ1v) is 13.5. The second kappa shape index (κ2) is 11.2. The Morgan fingerprint density at radius 3 is 2.48 bits per heavy atom. The van der Waals surface area contributed by atoms with Crippen molar-refractivity contribution in [2.75, 3.05) is 45.3 Å². The van der Waals surface area contributed by atoms with Crippen LogP contribution in [-0.2, 0) is 21.5 Å². The molecule has 0 saturated carbocycles. The summed E-state index contributed by atoms with van der Waals surface area (Å²) in [6.07, 6.45) is -0.759. The number of rotatable bonds is 8. The first kappa shape index (κ1) is 28.9. The molecule has 214 valence electrons. The molecule has 1 atom stereocenters. The Morgan fingerprint density at radius 1 is 1.12 bits per heavy atom. The summed E-state index contributed by atoms with van der Waals surface area (Å²) in [5, 5.41) is 11.4. The number of amidine groups is 1. The molecule has 2 aromatic carbocycles. The van der Waals surface area contributed by atoms with Gasteiger partial charge in [0.2, 0.25) is 6.10 Å². The summed E-state index contributed by atoms with van der Waals surface area (Å²) in [5.41, 5.74) is 3.45. The van der Waals surface area contributed by atoms with Crippen LogP contribution < -0.4 is 19.7 Å². The minimum absolute atomic E-state index is 0.00875. The molecular weight excluding hydrogens is 512 g/mol. The monoisotopic (exact) mass is 550 g/mol. The van der Waals surface area contributed by atoms with Gasteiger partial charge in [-0.2, -0.15) is 0 Å². The smallest absolute Gasteiger partial charge is 0.349 e. The van der Waals surface area contributed by atoms with Gasteiger partial charge in [-0.15, -0.1) is 0 Å². The Kier molecular flexibility index (Phi) is 8.09. The standard InChI is InChI=1S/C30H38N4O6/c1-8-38-24-12-18-14-34(27(31)19(18)13-20(24)28(36)32-6)15-23(35)17-10-21(30(3,4)5)26-22(11-17)33(7)16-25(40-26)29(37)39-9-2/h10-13,25,31H,8-9,14-16H2,1-7H3,(H,32,36). The maximum atomic E-state index is 13.7. The van der Waals surface area contributed by atoms with Crippen LogP contribution in [0.3, 0.4) is 0 Å². The van der Waals surface area contributed by atoms with Gasteiger partial charge >= 0.3 is 5.97 Å². The van der Waals surface area contributed by atoms with Crippen LogP contribution in [0.25, 0.3) is 0 Å². The molecule has 2 N–H and O–H groups in total. The number of hydrogen-bond acceptors (Lipinski definition) is 8. The average molecular weight is 551 g/mol. The number of esters is 1. The van der Waals surface area contributed by atoms with E-state index in [2.05, 4.69) is 5.32 Å². The van der Waals surface area contributed by atoms with Crippen molar-refractivity contribution in [3.63, 3.8) is 0 Å². The van der Waals surface area contributed by atoms with Gasteiger partial charge in [-0.1, -0.05) is 20.8 Å². The largest absolute Gasteiger partial charge is 0.493 e. The second-order valence-electron chi connectivity index (χ2n) is 11.0. The Balaban J connectivity index is 1.63. The zero-order valence-electron chi connectivity index (χ0n) is 24.3. The van der Waals surface area contributed by atoms with E-state index >= 15 is 0 Å². The van der Waals surface area contributed by atoms with Gasteiger partial charge in [-0.05, 0) is 49.1 Å². The van der Waals surface area contributed by atoms with Crippen LogP contribution in [0, 0.1) is 5.41 Å². The van der Waals surface area contributed by atoms with E-state index in [0.29, 0.717) is 47.9 Å². The van der Waals surface area contributed by atoms with Crippen LogP contribution in [-0.4, -0.2) is 74.9 Å². The normalized spacial score (nSPS) is 16.2. The maximum Gasteiger partial charge on any atom is 0.349 e. The van der Waals surface area contributed by atoms with E-state index in [-0.39, 0.29) is 36.1 Å². The lowest BCUT2D eigenvalue weighted by atomic mass is 9.84. The Labute approximate surface area is 235 Å². The summed E-state index contributed by atoms with van der Waals surface area (Å²) in [6.45, 7) is 11.0. The van der Waals surface area contributed by atoms with E-state index in [0.717, 1.165) is 16.8 Å². The lowest BCUT2D eigenvalue weighted by Gasteiger charge is -2.36. The Hall–Kier alpha value is -4.08. The topological polar surface area (TPSA) is 121 Å². The average Bonchev–Trinajstić information content (AvgIpc) is 3.20. The van der Waals surface area contributed by atoms with Crippen molar-refractivity contribution in [1.82, 2.24) is 10.2 Å². The number of anilines is 1. The number of amides is 1. The molecule has 10 heteroatoms. The highest BCUT2D eigenvalue weighted by Gasteiger charge is 2.36. The molecule has 0 radical (unpaired) electrons. The minimum atomic E-state index is -0.759. The molecule has 0 spiro atoms. The fourth-order valence-corrected chi connectivity index (χ4v) is 5.04. The highest BCUT2D eigenvalue weighted by molar-refractivity contribution is 6.08. The molecule has 0 bridgehead atoms. The van der Waals surface area contributed by atoms with Crippen LogP contribution in [0.1, 0.15) is 72.0 Å². The molecule has 1 unspecified atom stereocenters. The molecule has 2 aliphatic heterocycles. The molecule has 0 aromatic heterocycles. The van der Waals surface area contributed by atoms with Crippen molar-refractivity contribution in [3.05, 3.63) is 52.1 Å². The molecule has 0 aliphatic carbocycles. The molecule has 10 nitrogen and oxygen atoms in total. The molecule has 0 fully saturated rings. The van der Waals surface area contributed by atoms with E-state index < -0.39 is 12.1 Å². The molecule has 2 aromatic rings. The van der Waals surface area contributed by atoms with Gasteiger partial charge < -0.3 is 29.3 Å². The zero-order chi connectivity index (χ0) is 29.4. The Bertz CT molecular complexity index is 1360. The van der Waals surface area contributed by atoms with Crippen LogP contribution in [0.15, 0.2) is 24.3 Å². The number of ketones is 1. The van der Waals surface area contributed by atoms with E-state index in [9.17, 15) is 14.4 Å². The van der Waals surface area contributed by atoms with Crippen LogP contribution in [0.2, 0.25) is 0 Å². The molecule has 4 rings (SSSR count). The third-order valence-corrected chi connectivity index (χ3v) is 7.10. The van der Waals surface area contributed by atoms with Crippen molar-refractivity contribution >= 4 is 29.2 Å². The number of likely N-dealkylation sites (N-methyl/N-ethyl adjacent to an activating group) is 1. The quantitative estimate of drug-likeness (QED) is 0.378. The number of fused-ring (bicyclic) bond motifs is 2. The summed E-state index contributed by atoms with van der Waals surface area (Å²) in [4.78, 5) is 42.2. The molecule has 2 aliphatic rings. The van der Waals surface area contributed by atoms with Crippen molar-refractivity contribution in [2.24, 2.45) is 0 Å². The number of carbonyl (C=O) groups is 3. The van der Waals surface area contributed by atoms with Crippen LogP contribution in [0.4, 0.5) is 5.69 Å². The summed E-state index contributed by atoms with van der Waals surface area (Å²) >= 11 is 0. The first-order chi connectivity index (χ1) is 18.9. The van der Waals surface area contributed by atoms with Crippen molar-refractivity contribution in [1.29, 1.82) is 5.41 Å². The minimum Gasteiger partial charge on any atom is -0.493 e. The second-order valence-corrected chi connectivity index (χ2v) is 11.0. The van der Waals surface area contributed by atoms with Gasteiger partial charge in [0.25, 0.3) is 5.91 Å². The molecule has 2 heterocycles. The Morgan fingerprint density at radius 2 is 1.85 bits per heavy atom. The molecule has 0 saturated heterocycles. The van der Waals surface area contributed by atoms with Crippen molar-refractivity contribution < 1.29 is 28.6 Å². The number of benzene rings is 2. The van der Waals surface area contributed by atoms with E-state index in [4.69, 9.17) is 19.6 Å². The van der Waals surface area contributed by atoms with Crippen molar-refractivity contribution in [2.45, 2.75) is 52.7 Å². The number of ether oxygens (including phenoxy) is 3. The number of nitrogens with one attached hydrogen (secondary N) is 2. The summed E-state index contributed by atoms with van der Waals surface area (Å²) in [7, 11) is 3.41. The summed E-state index contributed by atoms with van der Waals surface area (Å²) in [6, 6.07) is 7.06. The SMILES string of the molecule is CCOC(=O)C1CN(C)c2cc(C(=O)CN3Cc4cc(OCC)c(C(=O)NC)cc4C3=N)cc(C(C)(C)C)c2O1. The van der Waals surface area contributed by atoms with Crippen molar-refractivity contribution in [3.8, 4) is 11.5 Å². The van der Waals surface area contributed by atoms with Gasteiger partial charge in [-0.3, -0.25) is 15.0 Å². The van der Waals surface area contributed by atoms with Crippen LogP contribution in [0.5, 0.6) is 11.5 Å².